The van der Waals surface area contributed by atoms with Crippen LogP contribution in [0.25, 0.3) is 23.3 Å². The molecule has 0 fully saturated rings. The summed E-state index contributed by atoms with van der Waals surface area (Å²) in [5.41, 5.74) is 4.79. The van der Waals surface area contributed by atoms with E-state index in [4.69, 9.17) is 11.6 Å². The van der Waals surface area contributed by atoms with E-state index in [0.29, 0.717) is 93.6 Å². The quantitative estimate of drug-likeness (QED) is 0.0370. The molecule has 4 aromatic carbocycles. The van der Waals surface area contributed by atoms with Gasteiger partial charge in [-0.3, -0.25) is 38.4 Å². The first-order chi connectivity index (χ1) is 57.4. The second-order valence-electron chi connectivity index (χ2n) is 27.6. The van der Waals surface area contributed by atoms with Gasteiger partial charge in [0.05, 0.1) is 45.0 Å². The Bertz CT molecular complexity index is 6050. The molecule has 8 N–H and O–H groups in total. The van der Waals surface area contributed by atoms with Crippen LogP contribution in [0.2, 0.25) is 5.02 Å². The summed E-state index contributed by atoms with van der Waals surface area (Å²) >= 11 is 22.9. The highest BCUT2D eigenvalue weighted by atomic mass is 79.9. The molecule has 40 heteroatoms. The van der Waals surface area contributed by atoms with Crippen molar-refractivity contribution in [3.63, 3.8) is 0 Å². The monoisotopic (exact) mass is 2010 g/mol. The molecule has 8 heterocycles. The van der Waals surface area contributed by atoms with Gasteiger partial charge in [-0.05, 0) is 232 Å². The Kier molecular flexibility index (Phi) is 31.2. The lowest BCUT2D eigenvalue weighted by Crippen LogP contribution is -2.31. The number of anilines is 4. The minimum Gasteiger partial charge on any atom is -0.355 e. The molecule has 636 valence electrons. The van der Waals surface area contributed by atoms with E-state index >= 15 is 0 Å². The summed E-state index contributed by atoms with van der Waals surface area (Å²) in [6, 6.07) is 31.3. The summed E-state index contributed by atoms with van der Waals surface area (Å²) < 4.78 is 87.9. The fraction of sp³-hybridized carbons (Fsp3) is 0.220. The van der Waals surface area contributed by atoms with Crippen LogP contribution in [0, 0.1) is 55.4 Å². The molecule has 0 radical (unpaired) electrons. The number of rotatable bonds is 18. The van der Waals surface area contributed by atoms with Gasteiger partial charge < -0.3 is 42.5 Å². The van der Waals surface area contributed by atoms with E-state index in [0.717, 1.165) is 40.6 Å². The molecule has 8 amide bonds. The van der Waals surface area contributed by atoms with Gasteiger partial charge in [-0.15, -0.1) is 0 Å². The van der Waals surface area contributed by atoms with Gasteiger partial charge in [-0.2, -0.15) is 46.7 Å². The number of carbonyl (C=O) groups excluding carboxylic acids is 8. The highest BCUT2D eigenvalue weighted by Crippen LogP contribution is 2.36. The maximum atomic E-state index is 13.4. The molecule has 8 aromatic heterocycles. The van der Waals surface area contributed by atoms with Crippen LogP contribution in [0.5, 0.6) is 0 Å². The van der Waals surface area contributed by atoms with Crippen molar-refractivity contribution in [2.75, 3.05) is 35.4 Å². The normalized spacial score (nSPS) is 11.1. The van der Waals surface area contributed by atoms with E-state index in [1.807, 2.05) is 77.9 Å². The molecule has 12 rings (SSSR count). The van der Waals surface area contributed by atoms with E-state index in [-0.39, 0.29) is 68.8 Å². The zero-order valence-corrected chi connectivity index (χ0v) is 75.9. The number of nitrogens with one attached hydrogen (secondary N) is 8. The molecule has 28 nitrogen and oxygen atoms in total. The van der Waals surface area contributed by atoms with Gasteiger partial charge in [0.25, 0.3) is 47.3 Å². The average Bonchev–Trinajstić information content (AvgIpc) is 1.61. The molecule has 0 spiro atoms. The first-order valence-corrected chi connectivity index (χ1v) is 40.8. The molecule has 0 aliphatic rings. The predicted molar refractivity (Wildman–Crippen MR) is 466 cm³/mol. The van der Waals surface area contributed by atoms with E-state index in [1.54, 1.807) is 116 Å². The lowest BCUT2D eigenvalue weighted by molar-refractivity contribution is -0.142. The number of hydrogen-bond donors (Lipinski definition) is 8. The molecule has 122 heavy (non-hydrogen) atoms. The van der Waals surface area contributed by atoms with Gasteiger partial charge in [-0.25, -0.2) is 38.7 Å². The number of halogens is 12. The number of amides is 8. The average molecular weight is 2020 g/mol. The zero-order valence-electron chi connectivity index (χ0n) is 67.2. The molecule has 0 aliphatic carbocycles. The summed E-state index contributed by atoms with van der Waals surface area (Å²) in [5.74, 6) is -2.82. The van der Waals surface area contributed by atoms with Crippen molar-refractivity contribution in [1.29, 1.82) is 0 Å². The van der Waals surface area contributed by atoms with Gasteiger partial charge in [0.2, 0.25) is 0 Å². The number of benzene rings is 4. The van der Waals surface area contributed by atoms with Crippen LogP contribution >= 0.6 is 91.3 Å². The Morgan fingerprint density at radius 2 is 0.598 bits per heavy atom. The molecular weight excluding hydrogens is 1940 g/mol. The van der Waals surface area contributed by atoms with Crippen molar-refractivity contribution >= 4 is 161 Å². The number of alkyl halides is 6. The lowest BCUT2D eigenvalue weighted by atomic mass is 10.1. The van der Waals surface area contributed by atoms with Gasteiger partial charge in [-0.1, -0.05) is 83.7 Å². The Hall–Kier alpha value is -11.7. The Labute approximate surface area is 741 Å². The minimum absolute atomic E-state index is 0.0372. The zero-order chi connectivity index (χ0) is 89.8. The largest absolute Gasteiger partial charge is 0.435 e. The number of aryl methyl sites for hydroxylation is 8. The third-order valence-corrected chi connectivity index (χ3v) is 19.8. The number of aromatic nitrogens is 12. The number of carbonyl (C=O) groups is 8. The highest BCUT2D eigenvalue weighted by molar-refractivity contribution is 9.11. The number of pyridine rings is 4. The lowest BCUT2D eigenvalue weighted by Gasteiger charge is -2.16. The van der Waals surface area contributed by atoms with Crippen molar-refractivity contribution in [3.8, 4) is 23.3 Å². The molecule has 0 saturated heterocycles. The van der Waals surface area contributed by atoms with E-state index in [1.165, 1.54) is 47.0 Å². The Morgan fingerprint density at radius 1 is 0.344 bits per heavy atom. The summed E-state index contributed by atoms with van der Waals surface area (Å²) in [7, 11) is 2.97. The summed E-state index contributed by atoms with van der Waals surface area (Å²) in [5, 5.41) is 37.6. The smallest absolute Gasteiger partial charge is 0.355 e. The first kappa shape index (κ1) is 94.2. The summed E-state index contributed by atoms with van der Waals surface area (Å²) in [6.07, 6.45) is -3.47. The predicted octanol–water partition coefficient (Wildman–Crippen LogP) is 18.0. The van der Waals surface area contributed by atoms with Crippen LogP contribution in [0.3, 0.4) is 0 Å². The second kappa shape index (κ2) is 40.4. The summed E-state index contributed by atoms with van der Waals surface area (Å²) in [4.78, 5) is 119. The Balaban J connectivity index is 0.000000185. The van der Waals surface area contributed by atoms with E-state index < -0.39 is 64.9 Å². The third-order valence-electron chi connectivity index (χ3n) is 17.4. The van der Waals surface area contributed by atoms with Crippen LogP contribution in [0.4, 0.5) is 49.1 Å². The second-order valence-corrected chi connectivity index (χ2v) is 32.4. The van der Waals surface area contributed by atoms with Crippen LogP contribution in [-0.4, -0.2) is 132 Å². The van der Waals surface area contributed by atoms with Gasteiger partial charge in [0, 0.05) is 93.7 Å². The number of hydrogen-bond acceptors (Lipinski definition) is 16. The highest BCUT2D eigenvalue weighted by Gasteiger charge is 2.39. The van der Waals surface area contributed by atoms with Crippen molar-refractivity contribution in [2.45, 2.75) is 108 Å². The van der Waals surface area contributed by atoms with Gasteiger partial charge >= 0.3 is 12.4 Å². The molecule has 0 aliphatic heterocycles. The maximum absolute atomic E-state index is 13.4. The van der Waals surface area contributed by atoms with Crippen LogP contribution in [0.1, 0.15) is 167 Å². The molecule has 12 aromatic rings. The fourth-order valence-electron chi connectivity index (χ4n) is 11.8. The van der Waals surface area contributed by atoms with Crippen LogP contribution in [0.15, 0.2) is 169 Å². The Morgan fingerprint density at radius 3 is 0.861 bits per heavy atom. The first-order valence-electron chi connectivity index (χ1n) is 36.4. The maximum Gasteiger partial charge on any atom is 0.435 e. The van der Waals surface area contributed by atoms with Crippen molar-refractivity contribution in [2.24, 2.45) is 0 Å². The van der Waals surface area contributed by atoms with E-state index in [9.17, 15) is 64.7 Å². The van der Waals surface area contributed by atoms with Crippen LogP contribution < -0.4 is 42.5 Å². The molecule has 0 saturated carbocycles. The third kappa shape index (κ3) is 23.1. The minimum atomic E-state index is -4.78. The topological polar surface area (TPSA) is 356 Å². The molecule has 0 atom stereocenters. The van der Waals surface area contributed by atoms with Gasteiger partial charge in [0.1, 0.15) is 32.0 Å². The number of nitrogens with zero attached hydrogens (tertiary/aromatic N) is 12. The standard InChI is InChI=1S/C22H21ClF3N5O2.C21H21Br2N5O2.C20H17BrF3N5O2.C19H17Br2N5O2/c1-11(2)28-20(32)15-9-14(23)8-13(4)18(15)29-21(33)16-10-17(22(24,25)26)30-31(16)19-12(3)6-5-7-27-19;1-11(2)25-20(29)15-9-14(22)8-13(4)18(15)26-21(30)16-10-17(23)27-28(16)19-12(3)6-5-7-24-19;1-10-5-4-6-26-17(10)29-14(9-15(28-29)20(22,23)24)19(31)27-16-11(2)7-12(21)8-13(16)18(30)25-3;1-10-5-4-6-23-17(10)26-14(9-15(21)25-26)19(28)24-16-11(2)7-12(20)8-13(16)18(27)22-3/h5-11H,1-4H3,(H,28,32)(H,29,33);5-11H,1-4H3,(H,25,29)(H,26,30);4-9H,1-3H3,(H,25,30)(H,27,31);4-9H,1-3H3,(H,22,27)(H,24,28). The molecular formula is C82H76Br5ClF6N20O8. The van der Waals surface area contributed by atoms with Crippen molar-refractivity contribution < 1.29 is 64.7 Å². The van der Waals surface area contributed by atoms with Crippen molar-refractivity contribution in [3.05, 3.63) is 275 Å². The molecule has 0 unspecified atom stereocenters. The van der Waals surface area contributed by atoms with E-state index in [2.05, 4.69) is 163 Å². The summed E-state index contributed by atoms with van der Waals surface area (Å²) in [6.45, 7) is 21.3. The molecule has 0 bridgehead atoms. The fourth-order valence-corrected chi connectivity index (χ4v) is 14.6. The van der Waals surface area contributed by atoms with Gasteiger partial charge in [0.15, 0.2) is 34.7 Å². The van der Waals surface area contributed by atoms with Crippen LogP contribution in [-0.2, 0) is 12.4 Å². The SMILES string of the molecule is CNC(=O)c1cc(Br)cc(C)c1NC(=O)c1cc(Br)nn1-c1ncccc1C.CNC(=O)c1cc(Br)cc(C)c1NC(=O)c1cc(C(F)(F)F)nn1-c1ncccc1C.Cc1cccnc1-n1nc(Br)cc1C(=O)Nc1c(C)cc(Br)cc1C(=O)NC(C)C.Cc1cccnc1-n1nc(C(F)(F)F)cc1C(=O)Nc1c(C)cc(Cl)cc1C(=O)NC(C)C. The van der Waals surface area contributed by atoms with Crippen molar-refractivity contribution in [1.82, 2.24) is 80.3 Å².